The molecule has 0 amide bonds. The standard InChI is InChI=1S/C58H38N2O2/c1-57(2)41-20-7-6-19-40(41)54-45(57)24-13-26-48(54)59(49-27-14-29-51-55(49)60-47-25-11-12-28-50(47)61-52-30-15-31-53(62-51)56(52)60)35-32-33-39-38-18-5-10-23-44(38)58(46(39)34-35)42-21-8-3-16-36(42)37-17-4-9-22-43(37)58/h3-34H,1-2H3. The lowest BCUT2D eigenvalue weighted by molar-refractivity contribution is 0.446. The van der Waals surface area contributed by atoms with Gasteiger partial charge in [-0.25, -0.2) is 0 Å². The fourth-order valence-corrected chi connectivity index (χ4v) is 11.8. The SMILES string of the molecule is CC1(C)c2ccccc2-c2c(N(c3ccc4c(c3)C3(c5ccccc5-c5ccccc53)c3ccccc3-4)c3cccc4c3N3c5ccccc5Oc5cccc(c53)O4)cccc21. The lowest BCUT2D eigenvalue weighted by Crippen LogP contribution is -2.26. The van der Waals surface area contributed by atoms with Gasteiger partial charge in [0.05, 0.1) is 22.5 Å². The number of hydrogen-bond donors (Lipinski definition) is 0. The van der Waals surface area contributed by atoms with Crippen molar-refractivity contribution in [3.63, 3.8) is 0 Å². The summed E-state index contributed by atoms with van der Waals surface area (Å²) >= 11 is 0. The first-order chi connectivity index (χ1) is 30.5. The second kappa shape index (κ2) is 11.9. The van der Waals surface area contributed by atoms with Crippen LogP contribution in [0.4, 0.5) is 34.1 Å². The third-order valence-electron chi connectivity index (χ3n) is 14.2. The monoisotopic (exact) mass is 794 g/mol. The van der Waals surface area contributed by atoms with Crippen LogP contribution < -0.4 is 19.3 Å². The van der Waals surface area contributed by atoms with Gasteiger partial charge in [0.15, 0.2) is 23.0 Å². The third-order valence-corrected chi connectivity index (χ3v) is 14.2. The van der Waals surface area contributed by atoms with E-state index in [1.54, 1.807) is 0 Å². The van der Waals surface area contributed by atoms with Crippen molar-refractivity contribution in [1.29, 1.82) is 0 Å². The van der Waals surface area contributed by atoms with E-state index >= 15 is 0 Å². The molecule has 14 rings (SSSR count). The molecule has 9 aromatic rings. The Morgan fingerprint density at radius 3 is 1.56 bits per heavy atom. The van der Waals surface area contributed by atoms with E-state index in [1.165, 1.54) is 66.8 Å². The van der Waals surface area contributed by atoms with Gasteiger partial charge in [0, 0.05) is 16.7 Å². The third kappa shape index (κ3) is 4.12. The second-order valence-corrected chi connectivity index (χ2v) is 17.6. The van der Waals surface area contributed by atoms with Crippen LogP contribution in [0, 0.1) is 0 Å². The number of anilines is 6. The Labute approximate surface area is 360 Å². The van der Waals surface area contributed by atoms with Crippen molar-refractivity contribution in [3.05, 3.63) is 228 Å². The fraction of sp³-hybridized carbons (Fsp3) is 0.0690. The zero-order chi connectivity index (χ0) is 40.9. The van der Waals surface area contributed by atoms with Gasteiger partial charge in [-0.3, -0.25) is 4.90 Å². The summed E-state index contributed by atoms with van der Waals surface area (Å²) in [6, 6.07) is 71.1. The summed E-state index contributed by atoms with van der Waals surface area (Å²) < 4.78 is 13.5. The van der Waals surface area contributed by atoms with Gasteiger partial charge in [-0.1, -0.05) is 153 Å². The van der Waals surface area contributed by atoms with Crippen molar-refractivity contribution in [2.45, 2.75) is 24.7 Å². The van der Waals surface area contributed by atoms with E-state index in [-0.39, 0.29) is 5.41 Å². The van der Waals surface area contributed by atoms with E-state index in [0.29, 0.717) is 0 Å². The summed E-state index contributed by atoms with van der Waals surface area (Å²) in [5.74, 6) is 3.12. The molecule has 0 bridgehead atoms. The van der Waals surface area contributed by atoms with Gasteiger partial charge < -0.3 is 14.4 Å². The predicted molar refractivity (Wildman–Crippen MR) is 250 cm³/mol. The minimum Gasteiger partial charge on any atom is -0.453 e. The van der Waals surface area contributed by atoms with Gasteiger partial charge in [0.1, 0.15) is 11.4 Å². The highest BCUT2D eigenvalue weighted by atomic mass is 16.5. The van der Waals surface area contributed by atoms with E-state index in [9.17, 15) is 0 Å². The van der Waals surface area contributed by atoms with Crippen LogP contribution in [-0.2, 0) is 10.8 Å². The zero-order valence-corrected chi connectivity index (χ0v) is 34.2. The Bertz CT molecular complexity index is 3360. The summed E-state index contributed by atoms with van der Waals surface area (Å²) in [4.78, 5) is 4.87. The van der Waals surface area contributed by atoms with Crippen molar-refractivity contribution in [3.8, 4) is 56.4 Å². The summed E-state index contributed by atoms with van der Waals surface area (Å²) in [5, 5.41) is 0. The average Bonchev–Trinajstić information content (AvgIpc) is 3.88. The van der Waals surface area contributed by atoms with Crippen LogP contribution >= 0.6 is 0 Å². The van der Waals surface area contributed by atoms with Gasteiger partial charge in [-0.2, -0.15) is 0 Å². The van der Waals surface area contributed by atoms with Crippen molar-refractivity contribution in [2.75, 3.05) is 9.80 Å². The van der Waals surface area contributed by atoms with Crippen LogP contribution in [0.25, 0.3) is 33.4 Å². The number of nitrogens with zero attached hydrogens (tertiary/aromatic N) is 2. The Morgan fingerprint density at radius 1 is 0.387 bits per heavy atom. The molecule has 4 heteroatoms. The quantitative estimate of drug-likeness (QED) is 0.178. The summed E-state index contributed by atoms with van der Waals surface area (Å²) in [5.41, 5.74) is 20.9. The van der Waals surface area contributed by atoms with Gasteiger partial charge in [-0.15, -0.1) is 0 Å². The van der Waals surface area contributed by atoms with E-state index in [4.69, 9.17) is 9.47 Å². The molecule has 0 N–H and O–H groups in total. The van der Waals surface area contributed by atoms with E-state index in [1.807, 2.05) is 24.3 Å². The highest BCUT2D eigenvalue weighted by molar-refractivity contribution is 6.04. The van der Waals surface area contributed by atoms with Gasteiger partial charge in [0.25, 0.3) is 0 Å². The molecule has 9 aromatic carbocycles. The normalized spacial score (nSPS) is 15.1. The minimum absolute atomic E-state index is 0.190. The molecule has 0 radical (unpaired) electrons. The topological polar surface area (TPSA) is 24.9 Å². The van der Waals surface area contributed by atoms with Gasteiger partial charge in [-0.05, 0) is 116 Å². The van der Waals surface area contributed by atoms with Crippen LogP contribution in [0.1, 0.15) is 47.2 Å². The zero-order valence-electron chi connectivity index (χ0n) is 34.2. The highest BCUT2D eigenvalue weighted by Crippen LogP contribution is 2.66. The first-order valence-corrected chi connectivity index (χ1v) is 21.5. The Kier molecular flexibility index (Phi) is 6.53. The van der Waals surface area contributed by atoms with Crippen molar-refractivity contribution in [1.82, 2.24) is 0 Å². The summed E-state index contributed by atoms with van der Waals surface area (Å²) in [6.45, 7) is 4.72. The Hall–Kier alpha value is -7.82. The lowest BCUT2D eigenvalue weighted by atomic mass is 9.70. The molecule has 2 heterocycles. The lowest BCUT2D eigenvalue weighted by Gasteiger charge is -2.41. The minimum atomic E-state index is -0.496. The molecule has 0 unspecified atom stereocenters. The van der Waals surface area contributed by atoms with Crippen LogP contribution in [0.3, 0.4) is 0 Å². The molecule has 0 saturated carbocycles. The van der Waals surface area contributed by atoms with Gasteiger partial charge >= 0.3 is 0 Å². The van der Waals surface area contributed by atoms with Gasteiger partial charge in [0.2, 0.25) is 0 Å². The maximum Gasteiger partial charge on any atom is 0.155 e. The molecule has 292 valence electrons. The van der Waals surface area contributed by atoms with Crippen LogP contribution in [0.15, 0.2) is 194 Å². The van der Waals surface area contributed by atoms with Crippen LogP contribution in [-0.4, -0.2) is 0 Å². The number of rotatable bonds is 3. The maximum atomic E-state index is 6.91. The number of hydrogen-bond acceptors (Lipinski definition) is 4. The molecule has 0 saturated heterocycles. The van der Waals surface area contributed by atoms with Crippen molar-refractivity contribution < 1.29 is 9.47 Å². The first-order valence-electron chi connectivity index (χ1n) is 21.5. The van der Waals surface area contributed by atoms with E-state index < -0.39 is 5.41 Å². The second-order valence-electron chi connectivity index (χ2n) is 17.6. The number of para-hydroxylation sites is 4. The van der Waals surface area contributed by atoms with Crippen molar-refractivity contribution in [2.24, 2.45) is 0 Å². The molecule has 0 atom stereocenters. The van der Waals surface area contributed by atoms with Crippen LogP contribution in [0.2, 0.25) is 0 Å². The smallest absolute Gasteiger partial charge is 0.155 e. The van der Waals surface area contributed by atoms with Crippen molar-refractivity contribution >= 4 is 34.1 Å². The molecule has 3 aliphatic carbocycles. The summed E-state index contributed by atoms with van der Waals surface area (Å²) in [6.07, 6.45) is 0. The predicted octanol–water partition coefficient (Wildman–Crippen LogP) is 15.5. The molecule has 0 fully saturated rings. The number of ether oxygens (including phenoxy) is 2. The molecule has 62 heavy (non-hydrogen) atoms. The largest absolute Gasteiger partial charge is 0.453 e. The van der Waals surface area contributed by atoms with E-state index in [0.717, 1.165) is 57.1 Å². The molecule has 2 aliphatic heterocycles. The number of fused-ring (bicyclic) bond motifs is 17. The maximum absolute atomic E-state index is 6.91. The summed E-state index contributed by atoms with van der Waals surface area (Å²) in [7, 11) is 0. The molecule has 5 aliphatic rings. The first kappa shape index (κ1) is 34.0. The van der Waals surface area contributed by atoms with Crippen LogP contribution in [0.5, 0.6) is 23.0 Å². The highest BCUT2D eigenvalue weighted by Gasteiger charge is 2.52. The van der Waals surface area contributed by atoms with E-state index in [2.05, 4.69) is 194 Å². The average molecular weight is 795 g/mol. The molecule has 4 nitrogen and oxygen atoms in total. The number of benzene rings is 9. The molecule has 0 aromatic heterocycles. The Balaban J connectivity index is 1.09. The fourth-order valence-electron chi connectivity index (χ4n) is 11.8. The Morgan fingerprint density at radius 2 is 0.871 bits per heavy atom. The molecular weight excluding hydrogens is 757 g/mol. The molecular formula is C58H38N2O2. The molecule has 1 spiro atoms.